The molecule has 0 unspecified atom stereocenters. The maximum atomic E-state index is 5.54. The first kappa shape index (κ1) is 7.32. The van der Waals surface area contributed by atoms with E-state index in [0.29, 0.717) is 11.7 Å². The van der Waals surface area contributed by atoms with E-state index in [1.54, 1.807) is 12.4 Å². The third kappa shape index (κ3) is 1.01. The number of anilines is 2. The molecule has 0 atom stereocenters. The summed E-state index contributed by atoms with van der Waals surface area (Å²) in [5.74, 6) is 1.96. The third-order valence-corrected chi connectivity index (χ3v) is 2.01. The molecule has 0 amide bonds. The predicted molar refractivity (Wildman–Crippen MR) is 51.8 cm³/mol. The smallest absolute Gasteiger partial charge is 0.263 e. The van der Waals surface area contributed by atoms with Gasteiger partial charge in [-0.2, -0.15) is 0 Å². The molecule has 4 nitrogen and oxygen atoms in total. The molecule has 0 fully saturated rings. The highest BCUT2D eigenvalue weighted by Gasteiger charge is 2.16. The maximum Gasteiger partial charge on any atom is 0.263 e. The molecular formula is C10H7N3O. The largest absolute Gasteiger partial charge is 0.434 e. The van der Waals surface area contributed by atoms with Gasteiger partial charge >= 0.3 is 0 Å². The lowest BCUT2D eigenvalue weighted by atomic mass is 10.2. The zero-order valence-corrected chi connectivity index (χ0v) is 7.27. The fraction of sp³-hybridized carbons (Fsp3) is 0. The van der Waals surface area contributed by atoms with Crippen molar-refractivity contribution in [2.24, 2.45) is 0 Å². The van der Waals surface area contributed by atoms with Crippen LogP contribution in [0, 0.1) is 0 Å². The number of hydrogen-bond acceptors (Lipinski definition) is 4. The number of benzene rings is 1. The van der Waals surface area contributed by atoms with Crippen molar-refractivity contribution in [3.63, 3.8) is 0 Å². The molecule has 2 heterocycles. The molecule has 0 bridgehead atoms. The lowest BCUT2D eigenvalue weighted by Gasteiger charge is -2.18. The van der Waals surface area contributed by atoms with E-state index in [4.69, 9.17) is 4.74 Å². The molecule has 0 saturated heterocycles. The van der Waals surface area contributed by atoms with Gasteiger partial charge in [0.15, 0.2) is 11.6 Å². The Hall–Kier alpha value is -2.10. The Morgan fingerprint density at radius 1 is 1.07 bits per heavy atom. The van der Waals surface area contributed by atoms with Crippen LogP contribution in [0.4, 0.5) is 11.5 Å². The first-order valence-corrected chi connectivity index (χ1v) is 4.28. The highest BCUT2D eigenvalue weighted by atomic mass is 16.5. The Balaban J connectivity index is 2.12. The van der Waals surface area contributed by atoms with Gasteiger partial charge in [-0.05, 0) is 12.1 Å². The fourth-order valence-electron chi connectivity index (χ4n) is 1.38. The molecule has 0 aliphatic carbocycles. The van der Waals surface area contributed by atoms with Gasteiger partial charge in [-0.1, -0.05) is 12.1 Å². The Bertz CT molecular complexity index is 397. The van der Waals surface area contributed by atoms with Crippen molar-refractivity contribution in [2.75, 3.05) is 5.32 Å². The summed E-state index contributed by atoms with van der Waals surface area (Å²) in [6, 6.07) is 7.69. The van der Waals surface area contributed by atoms with Crippen LogP contribution in [0.25, 0.3) is 0 Å². The van der Waals surface area contributed by atoms with E-state index < -0.39 is 0 Å². The topological polar surface area (TPSA) is 47.0 Å². The van der Waals surface area contributed by atoms with E-state index in [1.165, 1.54) is 0 Å². The normalized spacial score (nSPS) is 12.0. The Labute approximate surface area is 80.6 Å². The minimum absolute atomic E-state index is 0.520. The van der Waals surface area contributed by atoms with Crippen molar-refractivity contribution < 1.29 is 4.74 Å². The summed E-state index contributed by atoms with van der Waals surface area (Å²) in [7, 11) is 0. The van der Waals surface area contributed by atoms with Gasteiger partial charge < -0.3 is 10.1 Å². The van der Waals surface area contributed by atoms with Gasteiger partial charge in [-0.25, -0.2) is 9.97 Å². The molecule has 3 rings (SSSR count). The SMILES string of the molecule is c1ccc2c(c1)Nc1nccnc1O2. The monoisotopic (exact) mass is 185 g/mol. The minimum atomic E-state index is 0.520. The van der Waals surface area contributed by atoms with Crippen LogP contribution >= 0.6 is 0 Å². The maximum absolute atomic E-state index is 5.54. The fourth-order valence-corrected chi connectivity index (χ4v) is 1.38. The molecule has 2 aromatic rings. The van der Waals surface area contributed by atoms with Gasteiger partial charge in [0.2, 0.25) is 0 Å². The summed E-state index contributed by atoms with van der Waals surface area (Å²) in [5.41, 5.74) is 0.917. The summed E-state index contributed by atoms with van der Waals surface area (Å²) < 4.78 is 5.54. The molecule has 1 aromatic heterocycles. The first-order chi connectivity index (χ1) is 6.93. The standard InChI is InChI=1S/C10H7N3O/c1-2-4-8-7(3-1)13-9-10(14-8)12-6-5-11-9/h1-6H,(H,11,13). The molecule has 1 aliphatic rings. The second-order valence-corrected chi connectivity index (χ2v) is 2.93. The molecule has 1 N–H and O–H groups in total. The second-order valence-electron chi connectivity index (χ2n) is 2.93. The van der Waals surface area contributed by atoms with Crippen molar-refractivity contribution in [1.29, 1.82) is 0 Å². The van der Waals surface area contributed by atoms with Crippen LogP contribution in [0.5, 0.6) is 11.6 Å². The van der Waals surface area contributed by atoms with E-state index in [1.807, 2.05) is 24.3 Å². The highest BCUT2D eigenvalue weighted by Crippen LogP contribution is 2.38. The van der Waals surface area contributed by atoms with E-state index in [2.05, 4.69) is 15.3 Å². The Kier molecular flexibility index (Phi) is 1.41. The molecule has 0 spiro atoms. The van der Waals surface area contributed by atoms with Crippen molar-refractivity contribution in [3.8, 4) is 11.6 Å². The zero-order chi connectivity index (χ0) is 9.38. The van der Waals surface area contributed by atoms with Gasteiger partial charge in [-0.3, -0.25) is 0 Å². The summed E-state index contributed by atoms with van der Waals surface area (Å²) in [6.07, 6.45) is 3.23. The number of para-hydroxylation sites is 2. The van der Waals surface area contributed by atoms with E-state index in [0.717, 1.165) is 11.4 Å². The zero-order valence-electron chi connectivity index (χ0n) is 7.27. The van der Waals surface area contributed by atoms with E-state index in [9.17, 15) is 0 Å². The Morgan fingerprint density at radius 2 is 1.93 bits per heavy atom. The van der Waals surface area contributed by atoms with E-state index in [-0.39, 0.29) is 0 Å². The highest BCUT2D eigenvalue weighted by molar-refractivity contribution is 5.70. The number of nitrogens with zero attached hydrogens (tertiary/aromatic N) is 2. The van der Waals surface area contributed by atoms with Crippen LogP contribution in [0.15, 0.2) is 36.7 Å². The molecular weight excluding hydrogens is 178 g/mol. The number of nitrogens with one attached hydrogen (secondary N) is 1. The molecule has 0 saturated carbocycles. The average Bonchev–Trinajstić information content (AvgIpc) is 2.26. The van der Waals surface area contributed by atoms with Gasteiger partial charge in [0.1, 0.15) is 0 Å². The lowest BCUT2D eigenvalue weighted by molar-refractivity contribution is 0.458. The van der Waals surface area contributed by atoms with Gasteiger partial charge in [0.05, 0.1) is 5.69 Å². The molecule has 1 aliphatic heterocycles. The predicted octanol–water partition coefficient (Wildman–Crippen LogP) is 2.33. The van der Waals surface area contributed by atoms with Crippen LogP contribution in [-0.2, 0) is 0 Å². The molecule has 14 heavy (non-hydrogen) atoms. The average molecular weight is 185 g/mol. The van der Waals surface area contributed by atoms with E-state index >= 15 is 0 Å². The van der Waals surface area contributed by atoms with Gasteiger partial charge in [0.25, 0.3) is 5.88 Å². The Morgan fingerprint density at radius 3 is 2.93 bits per heavy atom. The quantitative estimate of drug-likeness (QED) is 0.583. The van der Waals surface area contributed by atoms with Crippen LogP contribution in [0.2, 0.25) is 0 Å². The second kappa shape index (κ2) is 2.70. The number of ether oxygens (including phenoxy) is 1. The van der Waals surface area contributed by atoms with Crippen molar-refractivity contribution in [3.05, 3.63) is 36.7 Å². The van der Waals surface area contributed by atoms with Crippen LogP contribution in [0.1, 0.15) is 0 Å². The summed E-state index contributed by atoms with van der Waals surface area (Å²) in [6.45, 7) is 0. The van der Waals surface area contributed by atoms with Crippen LogP contribution in [0.3, 0.4) is 0 Å². The summed E-state index contributed by atoms with van der Waals surface area (Å²) in [5, 5.41) is 3.14. The summed E-state index contributed by atoms with van der Waals surface area (Å²) >= 11 is 0. The first-order valence-electron chi connectivity index (χ1n) is 4.28. The van der Waals surface area contributed by atoms with Crippen LogP contribution < -0.4 is 10.1 Å². The number of rotatable bonds is 0. The van der Waals surface area contributed by atoms with Crippen molar-refractivity contribution in [1.82, 2.24) is 9.97 Å². The van der Waals surface area contributed by atoms with Crippen molar-refractivity contribution in [2.45, 2.75) is 0 Å². The molecule has 1 aromatic carbocycles. The van der Waals surface area contributed by atoms with Gasteiger partial charge in [-0.15, -0.1) is 0 Å². The molecule has 68 valence electrons. The minimum Gasteiger partial charge on any atom is -0.434 e. The molecule has 0 radical (unpaired) electrons. The lowest BCUT2D eigenvalue weighted by Crippen LogP contribution is -2.05. The number of hydrogen-bond donors (Lipinski definition) is 1. The number of aromatic nitrogens is 2. The van der Waals surface area contributed by atoms with Crippen LogP contribution in [-0.4, -0.2) is 9.97 Å². The van der Waals surface area contributed by atoms with Gasteiger partial charge in [0, 0.05) is 12.4 Å². The van der Waals surface area contributed by atoms with Crippen molar-refractivity contribution >= 4 is 11.5 Å². The molecule has 4 heteroatoms. The summed E-state index contributed by atoms with van der Waals surface area (Å²) in [4.78, 5) is 8.19. The number of fused-ring (bicyclic) bond motifs is 2. The third-order valence-electron chi connectivity index (χ3n) is 2.01.